The summed E-state index contributed by atoms with van der Waals surface area (Å²) in [5.74, 6) is 0.197. The maximum Gasteiger partial charge on any atom is 0.236 e. The van der Waals surface area contributed by atoms with Gasteiger partial charge < -0.3 is 4.74 Å². The molecule has 7 heteroatoms. The van der Waals surface area contributed by atoms with E-state index < -0.39 is 14.9 Å². The average Bonchev–Trinajstić information content (AvgIpc) is 2.64. The van der Waals surface area contributed by atoms with Crippen LogP contribution in [0.15, 0.2) is 28.1 Å². The summed E-state index contributed by atoms with van der Waals surface area (Å²) in [4.78, 5) is 2.67. The zero-order chi connectivity index (χ0) is 12.7. The summed E-state index contributed by atoms with van der Waals surface area (Å²) < 4.78 is 28.5. The van der Waals surface area contributed by atoms with Gasteiger partial charge in [-0.15, -0.1) is 0 Å². The summed E-state index contributed by atoms with van der Waals surface area (Å²) in [7, 11) is -3.87. The highest BCUT2D eigenvalue weighted by Gasteiger charge is 2.45. The molecule has 0 aromatic rings. The number of hydrogen-bond donors (Lipinski definition) is 1. The van der Waals surface area contributed by atoms with Crippen molar-refractivity contribution in [2.75, 3.05) is 6.54 Å². The number of ether oxygens (including phenoxy) is 1. The quantitative estimate of drug-likeness (QED) is 0.601. The van der Waals surface area contributed by atoms with Gasteiger partial charge in [-0.25, -0.2) is 18.5 Å². The number of sulfonamides is 1. The fourth-order valence-electron chi connectivity index (χ4n) is 1.81. The topological polar surface area (TPSA) is 81.8 Å². The molecule has 1 heterocycles. The van der Waals surface area contributed by atoms with Gasteiger partial charge in [0.05, 0.1) is 11.4 Å². The van der Waals surface area contributed by atoms with Crippen molar-refractivity contribution in [3.8, 4) is 0 Å². The molecule has 1 aliphatic carbocycles. The van der Waals surface area contributed by atoms with Crippen LogP contribution in [-0.4, -0.2) is 31.8 Å². The Balaban J connectivity index is 2.44. The van der Waals surface area contributed by atoms with E-state index in [0.29, 0.717) is 13.0 Å². The number of primary sulfonamides is 1. The van der Waals surface area contributed by atoms with E-state index in [1.54, 1.807) is 12.2 Å². The molecule has 0 spiro atoms. The lowest BCUT2D eigenvalue weighted by atomic mass is 10.0. The molecule has 0 radical (unpaired) electrons. The van der Waals surface area contributed by atoms with Crippen LogP contribution in [-0.2, 0) is 14.8 Å². The SMILES string of the molecule is CC1CN=C(C2(Cl)C=CCC=C2S(N)(=O)=O)O1. The molecule has 2 aliphatic rings. The highest BCUT2D eigenvalue weighted by Crippen LogP contribution is 2.36. The van der Waals surface area contributed by atoms with Crippen molar-refractivity contribution in [1.82, 2.24) is 0 Å². The van der Waals surface area contributed by atoms with Crippen LogP contribution in [0.5, 0.6) is 0 Å². The summed E-state index contributed by atoms with van der Waals surface area (Å²) >= 11 is 6.33. The molecular weight excluding hydrogens is 264 g/mol. The zero-order valence-electron chi connectivity index (χ0n) is 9.26. The number of hydrogen-bond acceptors (Lipinski definition) is 4. The fourth-order valence-corrected chi connectivity index (χ4v) is 3.30. The van der Waals surface area contributed by atoms with Crippen LogP contribution >= 0.6 is 11.6 Å². The Hall–Kier alpha value is -0.850. The first-order valence-electron chi connectivity index (χ1n) is 5.15. The Morgan fingerprint density at radius 1 is 1.65 bits per heavy atom. The standard InChI is InChI=1S/C10H13ClN2O3S/c1-7-6-13-9(16-7)10(11)5-3-2-4-8(10)17(12,14)15/h3-5,7H,2,6H2,1H3,(H2,12,14,15). The van der Waals surface area contributed by atoms with Crippen molar-refractivity contribution >= 4 is 27.5 Å². The molecule has 0 saturated carbocycles. The van der Waals surface area contributed by atoms with Crippen molar-refractivity contribution < 1.29 is 13.2 Å². The lowest BCUT2D eigenvalue weighted by molar-refractivity contribution is 0.238. The van der Waals surface area contributed by atoms with Crippen molar-refractivity contribution in [1.29, 1.82) is 0 Å². The van der Waals surface area contributed by atoms with Crippen LogP contribution in [0, 0.1) is 0 Å². The molecule has 0 aromatic heterocycles. The molecule has 0 aromatic carbocycles. The number of nitrogens with two attached hydrogens (primary N) is 1. The predicted octanol–water partition coefficient (Wildman–Crippen LogP) is 0.914. The second kappa shape index (κ2) is 4.12. The van der Waals surface area contributed by atoms with Crippen LogP contribution in [0.4, 0.5) is 0 Å². The Kier molecular flexibility index (Phi) is 3.05. The molecule has 2 N–H and O–H groups in total. The van der Waals surface area contributed by atoms with Crippen molar-refractivity contribution in [3.05, 3.63) is 23.1 Å². The Morgan fingerprint density at radius 2 is 2.35 bits per heavy atom. The van der Waals surface area contributed by atoms with Gasteiger partial charge in [-0.2, -0.15) is 0 Å². The number of alkyl halides is 1. The largest absolute Gasteiger partial charge is 0.474 e. The fraction of sp³-hybridized carbons (Fsp3) is 0.500. The summed E-state index contributed by atoms with van der Waals surface area (Å²) in [6, 6.07) is 0. The highest BCUT2D eigenvalue weighted by atomic mass is 35.5. The Bertz CT molecular complexity index is 524. The van der Waals surface area contributed by atoms with Gasteiger partial charge in [0.25, 0.3) is 0 Å². The van der Waals surface area contributed by atoms with E-state index in [-0.39, 0.29) is 16.9 Å². The Morgan fingerprint density at radius 3 is 2.88 bits per heavy atom. The van der Waals surface area contributed by atoms with Crippen LogP contribution in [0.25, 0.3) is 0 Å². The molecular formula is C10H13ClN2O3S. The highest BCUT2D eigenvalue weighted by molar-refractivity contribution is 7.93. The van der Waals surface area contributed by atoms with E-state index >= 15 is 0 Å². The van der Waals surface area contributed by atoms with E-state index in [9.17, 15) is 8.42 Å². The molecule has 0 bridgehead atoms. The molecule has 2 rings (SSSR count). The van der Waals surface area contributed by atoms with Gasteiger partial charge in [0, 0.05) is 0 Å². The second-order valence-electron chi connectivity index (χ2n) is 4.04. The lowest BCUT2D eigenvalue weighted by Crippen LogP contribution is -2.40. The molecule has 2 unspecified atom stereocenters. The van der Waals surface area contributed by atoms with Crippen molar-refractivity contribution in [3.63, 3.8) is 0 Å². The summed E-state index contributed by atoms with van der Waals surface area (Å²) in [5, 5.41) is 5.16. The zero-order valence-corrected chi connectivity index (χ0v) is 10.8. The van der Waals surface area contributed by atoms with E-state index in [2.05, 4.69) is 4.99 Å². The van der Waals surface area contributed by atoms with Crippen LogP contribution in [0.3, 0.4) is 0 Å². The van der Waals surface area contributed by atoms with Gasteiger partial charge in [-0.3, -0.25) is 0 Å². The first kappa shape index (κ1) is 12.6. The minimum atomic E-state index is -3.87. The van der Waals surface area contributed by atoms with E-state index in [1.807, 2.05) is 6.92 Å². The maximum atomic E-state index is 11.5. The number of aliphatic imine (C=N–C) groups is 1. The minimum Gasteiger partial charge on any atom is -0.474 e. The van der Waals surface area contributed by atoms with Gasteiger partial charge in [0.1, 0.15) is 6.10 Å². The predicted molar refractivity (Wildman–Crippen MR) is 66.4 cm³/mol. The summed E-state index contributed by atoms with van der Waals surface area (Å²) in [6.45, 7) is 2.30. The van der Waals surface area contributed by atoms with Gasteiger partial charge >= 0.3 is 0 Å². The smallest absolute Gasteiger partial charge is 0.236 e. The number of nitrogens with zero attached hydrogens (tertiary/aromatic N) is 1. The third-order valence-electron chi connectivity index (χ3n) is 2.57. The Labute approximate surface area is 105 Å². The first-order chi connectivity index (χ1) is 7.84. The summed E-state index contributed by atoms with van der Waals surface area (Å²) in [6.07, 6.45) is 5.18. The molecule has 17 heavy (non-hydrogen) atoms. The summed E-state index contributed by atoms with van der Waals surface area (Å²) in [5.41, 5.74) is 0. The third kappa shape index (κ3) is 2.25. The normalized spacial score (nSPS) is 33.0. The van der Waals surface area contributed by atoms with Gasteiger partial charge in [-0.05, 0) is 13.3 Å². The molecule has 0 amide bonds. The molecule has 5 nitrogen and oxygen atoms in total. The molecule has 94 valence electrons. The third-order valence-corrected chi connectivity index (χ3v) is 4.27. The van der Waals surface area contributed by atoms with Gasteiger partial charge in [0.2, 0.25) is 15.9 Å². The van der Waals surface area contributed by atoms with E-state index in [4.69, 9.17) is 21.5 Å². The molecule has 0 saturated heterocycles. The van der Waals surface area contributed by atoms with Crippen LogP contribution < -0.4 is 5.14 Å². The van der Waals surface area contributed by atoms with Crippen molar-refractivity contribution in [2.45, 2.75) is 24.3 Å². The minimum absolute atomic E-state index is 0.0676. The van der Waals surface area contributed by atoms with Gasteiger partial charge in [0.15, 0.2) is 4.87 Å². The number of allylic oxidation sites excluding steroid dienone is 2. The molecule has 0 fully saturated rings. The molecule has 2 atom stereocenters. The van der Waals surface area contributed by atoms with Gasteiger partial charge in [-0.1, -0.05) is 29.8 Å². The van der Waals surface area contributed by atoms with Crippen LogP contribution in [0.2, 0.25) is 0 Å². The van der Waals surface area contributed by atoms with Crippen LogP contribution in [0.1, 0.15) is 13.3 Å². The van der Waals surface area contributed by atoms with E-state index in [0.717, 1.165) is 0 Å². The monoisotopic (exact) mass is 276 g/mol. The molecule has 1 aliphatic heterocycles. The second-order valence-corrected chi connectivity index (χ2v) is 6.16. The number of halogens is 1. The lowest BCUT2D eigenvalue weighted by Gasteiger charge is -2.27. The number of rotatable bonds is 2. The van der Waals surface area contributed by atoms with Crippen molar-refractivity contribution in [2.24, 2.45) is 10.1 Å². The van der Waals surface area contributed by atoms with E-state index in [1.165, 1.54) is 6.08 Å². The first-order valence-corrected chi connectivity index (χ1v) is 7.08. The maximum absolute atomic E-state index is 11.5. The average molecular weight is 277 g/mol.